The van der Waals surface area contributed by atoms with E-state index in [2.05, 4.69) is 10.6 Å². The molecule has 0 saturated carbocycles. The highest BCUT2D eigenvalue weighted by molar-refractivity contribution is 5.97. The molecule has 0 aromatic heterocycles. The van der Waals surface area contributed by atoms with Gasteiger partial charge in [-0.05, 0) is 63.1 Å². The maximum atomic E-state index is 13.7. The summed E-state index contributed by atoms with van der Waals surface area (Å²) in [7, 11) is 1.29. The van der Waals surface area contributed by atoms with Crippen molar-refractivity contribution in [1.29, 1.82) is 0 Å². The Morgan fingerprint density at radius 3 is 2.26 bits per heavy atom. The van der Waals surface area contributed by atoms with E-state index >= 15 is 0 Å². The molecule has 0 fully saturated rings. The van der Waals surface area contributed by atoms with E-state index in [4.69, 9.17) is 14.2 Å². The predicted molar refractivity (Wildman–Crippen MR) is 118 cm³/mol. The van der Waals surface area contributed by atoms with Crippen LogP contribution in [0.4, 0.5) is 33.7 Å². The highest BCUT2D eigenvalue weighted by atomic mass is 19.4. The molecular weight excluding hydrogens is 460 g/mol. The number of hydrogen-bond donors (Lipinski definition) is 2. The van der Waals surface area contributed by atoms with Gasteiger partial charge in [-0.15, -0.1) is 0 Å². The Balaban J connectivity index is 2.02. The van der Waals surface area contributed by atoms with E-state index < -0.39 is 36.2 Å². The maximum absolute atomic E-state index is 13.7. The molecule has 11 heteroatoms. The molecule has 2 N–H and O–H groups in total. The summed E-state index contributed by atoms with van der Waals surface area (Å²) < 4.78 is 65.8. The van der Waals surface area contributed by atoms with Crippen LogP contribution in [-0.4, -0.2) is 37.5 Å². The van der Waals surface area contributed by atoms with Crippen LogP contribution in [0.15, 0.2) is 36.4 Å². The molecule has 2 aromatic rings. The summed E-state index contributed by atoms with van der Waals surface area (Å²) in [6, 6.07) is 7.78. The number of anilines is 2. The molecule has 0 heterocycles. The van der Waals surface area contributed by atoms with Crippen molar-refractivity contribution >= 4 is 23.4 Å². The lowest BCUT2D eigenvalue weighted by Gasteiger charge is -2.20. The molecule has 0 aliphatic carbocycles. The van der Waals surface area contributed by atoms with Gasteiger partial charge in [-0.2, -0.15) is 13.2 Å². The molecule has 2 rings (SSSR count). The molecule has 0 aliphatic heterocycles. The van der Waals surface area contributed by atoms with Crippen molar-refractivity contribution in [2.24, 2.45) is 0 Å². The van der Waals surface area contributed by atoms with E-state index in [1.54, 1.807) is 20.8 Å². The SMILES string of the molecule is COc1cc(CCC(=O)Nc2cc(F)ccc2NC(=O)OC(C)(C)C)ccc1OCC(F)(F)F. The number of aryl methyl sites for hydroxylation is 1. The normalized spacial score (nSPS) is 11.5. The Bertz CT molecular complexity index is 1020. The van der Waals surface area contributed by atoms with Crippen molar-refractivity contribution in [2.45, 2.75) is 45.4 Å². The minimum atomic E-state index is -4.49. The van der Waals surface area contributed by atoms with Crippen LogP contribution in [0.5, 0.6) is 11.5 Å². The lowest BCUT2D eigenvalue weighted by Crippen LogP contribution is -2.27. The standard InChI is InChI=1S/C23H26F4N2O5/c1-22(2,3)34-21(31)29-16-8-7-15(24)12-17(16)28-20(30)10-6-14-5-9-18(19(11-14)32-4)33-13-23(25,26)27/h5,7-9,11-12H,6,10,13H2,1-4H3,(H,28,30)(H,29,31). The Morgan fingerprint density at radius 1 is 0.941 bits per heavy atom. The number of halogens is 4. The van der Waals surface area contributed by atoms with Crippen molar-refractivity contribution < 1.29 is 41.4 Å². The number of ether oxygens (including phenoxy) is 3. The number of amides is 2. The van der Waals surface area contributed by atoms with Gasteiger partial charge in [0.2, 0.25) is 5.91 Å². The average molecular weight is 486 g/mol. The van der Waals surface area contributed by atoms with E-state index in [0.29, 0.717) is 5.56 Å². The van der Waals surface area contributed by atoms with E-state index in [-0.39, 0.29) is 35.7 Å². The van der Waals surface area contributed by atoms with Crippen LogP contribution in [0.2, 0.25) is 0 Å². The summed E-state index contributed by atoms with van der Waals surface area (Å²) in [5.41, 5.74) is 0.0564. The summed E-state index contributed by atoms with van der Waals surface area (Å²) in [6.45, 7) is 3.59. The molecular formula is C23H26F4N2O5. The zero-order valence-electron chi connectivity index (χ0n) is 19.1. The number of carbonyl (C=O) groups is 2. The summed E-state index contributed by atoms with van der Waals surface area (Å²) in [5.74, 6) is -1.08. The fourth-order valence-corrected chi connectivity index (χ4v) is 2.76. The molecule has 186 valence electrons. The highest BCUT2D eigenvalue weighted by Crippen LogP contribution is 2.30. The van der Waals surface area contributed by atoms with Gasteiger partial charge in [0, 0.05) is 6.42 Å². The molecule has 0 radical (unpaired) electrons. The first-order valence-electron chi connectivity index (χ1n) is 10.2. The Labute approximate surface area is 194 Å². The third-order valence-electron chi connectivity index (χ3n) is 4.15. The van der Waals surface area contributed by atoms with Crippen molar-refractivity contribution in [3.63, 3.8) is 0 Å². The van der Waals surface area contributed by atoms with Gasteiger partial charge in [0.1, 0.15) is 11.4 Å². The van der Waals surface area contributed by atoms with Crippen molar-refractivity contribution in [2.75, 3.05) is 24.4 Å². The number of hydrogen-bond acceptors (Lipinski definition) is 5. The molecule has 0 spiro atoms. The molecule has 0 aliphatic rings. The summed E-state index contributed by atoms with van der Waals surface area (Å²) >= 11 is 0. The zero-order valence-corrected chi connectivity index (χ0v) is 19.1. The van der Waals surface area contributed by atoms with Crippen molar-refractivity contribution in [3.05, 3.63) is 47.8 Å². The number of alkyl halides is 3. The van der Waals surface area contributed by atoms with Gasteiger partial charge >= 0.3 is 12.3 Å². The van der Waals surface area contributed by atoms with E-state index in [0.717, 1.165) is 12.1 Å². The van der Waals surface area contributed by atoms with Crippen LogP contribution >= 0.6 is 0 Å². The second-order valence-corrected chi connectivity index (χ2v) is 8.25. The fourth-order valence-electron chi connectivity index (χ4n) is 2.76. The van der Waals surface area contributed by atoms with Crippen LogP contribution in [0.1, 0.15) is 32.8 Å². The van der Waals surface area contributed by atoms with Gasteiger partial charge in [0.25, 0.3) is 0 Å². The first-order valence-corrected chi connectivity index (χ1v) is 10.2. The zero-order chi connectivity index (χ0) is 25.5. The molecule has 0 unspecified atom stereocenters. The number of carbonyl (C=O) groups excluding carboxylic acids is 2. The van der Waals surface area contributed by atoms with Crippen LogP contribution in [0, 0.1) is 5.82 Å². The first-order chi connectivity index (χ1) is 15.8. The van der Waals surface area contributed by atoms with Crippen molar-refractivity contribution in [1.82, 2.24) is 0 Å². The second-order valence-electron chi connectivity index (χ2n) is 8.25. The number of methoxy groups -OCH3 is 1. The maximum Gasteiger partial charge on any atom is 0.422 e. The molecule has 2 aromatic carbocycles. The quantitative estimate of drug-likeness (QED) is 0.468. The van der Waals surface area contributed by atoms with Crippen LogP contribution in [0.3, 0.4) is 0 Å². The lowest BCUT2D eigenvalue weighted by molar-refractivity contribution is -0.153. The van der Waals surface area contributed by atoms with Gasteiger partial charge in [-0.1, -0.05) is 6.07 Å². The molecule has 34 heavy (non-hydrogen) atoms. The minimum absolute atomic E-state index is 0.0334. The summed E-state index contributed by atoms with van der Waals surface area (Å²) in [4.78, 5) is 24.5. The van der Waals surface area contributed by atoms with Gasteiger partial charge in [0.15, 0.2) is 18.1 Å². The third kappa shape index (κ3) is 9.16. The van der Waals surface area contributed by atoms with E-state index in [1.807, 2.05) is 0 Å². The first kappa shape index (κ1) is 26.7. The Morgan fingerprint density at radius 2 is 1.65 bits per heavy atom. The summed E-state index contributed by atoms with van der Waals surface area (Å²) in [6.07, 6.45) is -5.08. The van der Waals surface area contributed by atoms with E-state index in [9.17, 15) is 27.2 Å². The highest BCUT2D eigenvalue weighted by Gasteiger charge is 2.29. The van der Waals surface area contributed by atoms with Gasteiger partial charge in [0.05, 0.1) is 18.5 Å². The van der Waals surface area contributed by atoms with E-state index in [1.165, 1.54) is 31.4 Å². The molecule has 7 nitrogen and oxygen atoms in total. The smallest absolute Gasteiger partial charge is 0.422 e. The third-order valence-corrected chi connectivity index (χ3v) is 4.15. The molecule has 2 amide bonds. The molecule has 0 atom stereocenters. The fraction of sp³-hybridized carbons (Fsp3) is 0.391. The second kappa shape index (κ2) is 11.1. The number of nitrogens with one attached hydrogen (secondary N) is 2. The van der Waals surface area contributed by atoms with Gasteiger partial charge in [-0.3, -0.25) is 10.1 Å². The Hall–Kier alpha value is -3.50. The van der Waals surface area contributed by atoms with Gasteiger partial charge in [-0.25, -0.2) is 9.18 Å². The number of benzene rings is 2. The molecule has 0 saturated heterocycles. The molecule has 0 bridgehead atoms. The van der Waals surface area contributed by atoms with Gasteiger partial charge < -0.3 is 19.5 Å². The Kier molecular flexibility index (Phi) is 8.72. The predicted octanol–water partition coefficient (Wildman–Crippen LogP) is 5.69. The lowest BCUT2D eigenvalue weighted by atomic mass is 10.1. The monoisotopic (exact) mass is 486 g/mol. The van der Waals surface area contributed by atoms with Crippen LogP contribution < -0.4 is 20.1 Å². The average Bonchev–Trinajstić information content (AvgIpc) is 2.71. The van der Waals surface area contributed by atoms with Crippen LogP contribution in [-0.2, 0) is 16.0 Å². The number of rotatable bonds is 8. The topological polar surface area (TPSA) is 85.9 Å². The minimum Gasteiger partial charge on any atom is -0.493 e. The summed E-state index contributed by atoms with van der Waals surface area (Å²) in [5, 5.41) is 5.00. The van der Waals surface area contributed by atoms with Crippen LogP contribution in [0.25, 0.3) is 0 Å². The van der Waals surface area contributed by atoms with Crippen molar-refractivity contribution in [3.8, 4) is 11.5 Å². The largest absolute Gasteiger partial charge is 0.493 e.